The van der Waals surface area contributed by atoms with Crippen LogP contribution < -0.4 is 11.3 Å². The Kier molecular flexibility index (Phi) is 5.54. The molecule has 0 bridgehead atoms. The number of benzene rings is 2. The smallest absolute Gasteiger partial charge is 0.137 e. The van der Waals surface area contributed by atoms with Crippen LogP contribution in [0.25, 0.3) is 0 Å². The third-order valence-corrected chi connectivity index (χ3v) is 5.30. The summed E-state index contributed by atoms with van der Waals surface area (Å²) < 4.78 is 14.9. The number of aryl methyl sites for hydroxylation is 1. The Morgan fingerprint density at radius 3 is 2.75 bits per heavy atom. The maximum absolute atomic E-state index is 13.3. The van der Waals surface area contributed by atoms with Crippen molar-refractivity contribution in [3.05, 3.63) is 66.9 Å². The number of hydrazine groups is 1. The van der Waals surface area contributed by atoms with E-state index < -0.39 is 0 Å². The second kappa shape index (κ2) is 6.98. The van der Waals surface area contributed by atoms with Gasteiger partial charge in [0.25, 0.3) is 0 Å². The van der Waals surface area contributed by atoms with Crippen LogP contribution in [0.3, 0.4) is 0 Å². The van der Waals surface area contributed by atoms with Crippen LogP contribution in [0.15, 0.2) is 40.9 Å². The van der Waals surface area contributed by atoms with E-state index >= 15 is 0 Å². The van der Waals surface area contributed by atoms with Gasteiger partial charge in [-0.15, -0.1) is 0 Å². The van der Waals surface area contributed by atoms with E-state index in [2.05, 4.69) is 63.0 Å². The highest BCUT2D eigenvalue weighted by Crippen LogP contribution is 2.26. The van der Waals surface area contributed by atoms with E-state index in [1.54, 1.807) is 12.1 Å². The van der Waals surface area contributed by atoms with E-state index in [1.807, 2.05) is 6.07 Å². The highest BCUT2D eigenvalue weighted by Gasteiger charge is 2.15. The Bertz CT molecular complexity index is 619. The second-order valence-electron chi connectivity index (χ2n) is 4.65. The molecule has 0 radical (unpaired) electrons. The van der Waals surface area contributed by atoms with Gasteiger partial charge < -0.3 is 0 Å². The van der Waals surface area contributed by atoms with Gasteiger partial charge in [-0.05, 0) is 80.7 Å². The fourth-order valence-electron chi connectivity index (χ4n) is 2.10. The summed E-state index contributed by atoms with van der Waals surface area (Å²) in [5, 5.41) is 0. The zero-order valence-corrected chi connectivity index (χ0v) is 14.7. The summed E-state index contributed by atoms with van der Waals surface area (Å²) in [6.45, 7) is 2.08. The Morgan fingerprint density at radius 1 is 1.35 bits per heavy atom. The third-order valence-electron chi connectivity index (χ3n) is 3.22. The molecule has 0 saturated carbocycles. The molecule has 2 aromatic carbocycles. The number of nitrogens with one attached hydrogen (secondary N) is 1. The van der Waals surface area contributed by atoms with Crippen LogP contribution in [-0.2, 0) is 6.42 Å². The van der Waals surface area contributed by atoms with Crippen molar-refractivity contribution in [2.24, 2.45) is 5.84 Å². The molecule has 0 aliphatic rings. The molecule has 0 fully saturated rings. The molecule has 0 amide bonds. The summed E-state index contributed by atoms with van der Waals surface area (Å²) in [5.74, 6) is 5.45. The van der Waals surface area contributed by atoms with E-state index in [4.69, 9.17) is 5.84 Å². The van der Waals surface area contributed by atoms with Gasteiger partial charge in [-0.2, -0.15) is 0 Å². The molecular formula is C15H15BrFIN2. The van der Waals surface area contributed by atoms with Gasteiger partial charge in [0.1, 0.15) is 5.82 Å². The van der Waals surface area contributed by atoms with Crippen molar-refractivity contribution in [1.82, 2.24) is 5.43 Å². The fraction of sp³-hybridized carbons (Fsp3) is 0.200. The first kappa shape index (κ1) is 15.9. The molecule has 2 aromatic rings. The maximum Gasteiger partial charge on any atom is 0.137 e. The molecule has 20 heavy (non-hydrogen) atoms. The van der Waals surface area contributed by atoms with Gasteiger partial charge in [-0.25, -0.2) is 4.39 Å². The predicted octanol–water partition coefficient (Wildman–Crippen LogP) is 4.25. The van der Waals surface area contributed by atoms with Gasteiger partial charge in [0, 0.05) is 3.57 Å². The van der Waals surface area contributed by atoms with E-state index in [0.717, 1.165) is 11.1 Å². The summed E-state index contributed by atoms with van der Waals surface area (Å²) in [4.78, 5) is 0. The molecule has 1 atom stereocenters. The first-order valence-corrected chi connectivity index (χ1v) is 8.05. The van der Waals surface area contributed by atoms with E-state index in [0.29, 0.717) is 10.9 Å². The Balaban J connectivity index is 2.28. The lowest BCUT2D eigenvalue weighted by atomic mass is 9.98. The minimum atomic E-state index is -0.254. The molecule has 5 heteroatoms. The van der Waals surface area contributed by atoms with E-state index in [1.165, 1.54) is 15.2 Å². The van der Waals surface area contributed by atoms with Gasteiger partial charge in [-0.3, -0.25) is 11.3 Å². The van der Waals surface area contributed by atoms with Gasteiger partial charge in [-0.1, -0.05) is 24.3 Å². The van der Waals surface area contributed by atoms with Crippen LogP contribution in [0.5, 0.6) is 0 Å². The zero-order chi connectivity index (χ0) is 14.7. The standard InChI is InChI=1S/C15H15BrFIN2/c1-9-3-2-4-11(15(9)18)14(20-19)8-10-5-6-13(17)12(16)7-10/h2-7,14,20H,8,19H2,1H3. The molecule has 0 aliphatic heterocycles. The van der Waals surface area contributed by atoms with Crippen LogP contribution in [0.4, 0.5) is 4.39 Å². The van der Waals surface area contributed by atoms with Crippen LogP contribution >= 0.6 is 38.5 Å². The number of halogens is 3. The van der Waals surface area contributed by atoms with Crippen LogP contribution in [0.2, 0.25) is 0 Å². The van der Waals surface area contributed by atoms with Crippen molar-refractivity contribution in [3.8, 4) is 0 Å². The molecule has 0 aliphatic carbocycles. The van der Waals surface area contributed by atoms with Gasteiger partial charge in [0.05, 0.1) is 10.5 Å². The molecule has 0 aromatic heterocycles. The minimum Gasteiger partial charge on any atom is -0.271 e. The summed E-state index contributed by atoms with van der Waals surface area (Å²) >= 11 is 5.55. The summed E-state index contributed by atoms with van der Waals surface area (Å²) in [6.07, 6.45) is 0.703. The van der Waals surface area contributed by atoms with Crippen molar-refractivity contribution in [3.63, 3.8) is 0 Å². The SMILES string of the molecule is Cc1cccc(C(Cc2ccc(F)c(Br)c2)NN)c1I. The van der Waals surface area contributed by atoms with Crippen LogP contribution in [-0.4, -0.2) is 0 Å². The Hall–Kier alpha value is -0.500. The molecule has 3 N–H and O–H groups in total. The second-order valence-corrected chi connectivity index (χ2v) is 6.58. The number of hydrogen-bond donors (Lipinski definition) is 2. The average Bonchev–Trinajstić information content (AvgIpc) is 2.43. The monoisotopic (exact) mass is 448 g/mol. The normalized spacial score (nSPS) is 12.4. The summed E-state index contributed by atoms with van der Waals surface area (Å²) in [7, 11) is 0. The third kappa shape index (κ3) is 3.58. The molecule has 106 valence electrons. The number of nitrogens with two attached hydrogens (primary N) is 1. The first-order chi connectivity index (χ1) is 9.52. The first-order valence-electron chi connectivity index (χ1n) is 6.18. The molecule has 0 spiro atoms. The van der Waals surface area contributed by atoms with Gasteiger partial charge in [0.2, 0.25) is 0 Å². The highest BCUT2D eigenvalue weighted by molar-refractivity contribution is 14.1. The molecule has 1 unspecified atom stereocenters. The highest BCUT2D eigenvalue weighted by atomic mass is 127. The average molecular weight is 449 g/mol. The Morgan fingerprint density at radius 2 is 2.10 bits per heavy atom. The quantitative estimate of drug-likeness (QED) is 0.417. The topological polar surface area (TPSA) is 38.0 Å². The summed E-state index contributed by atoms with van der Waals surface area (Å²) in [5.41, 5.74) is 6.27. The minimum absolute atomic E-state index is 0.000777. The van der Waals surface area contributed by atoms with Crippen LogP contribution in [0.1, 0.15) is 22.7 Å². The van der Waals surface area contributed by atoms with Crippen molar-refractivity contribution in [2.45, 2.75) is 19.4 Å². The van der Waals surface area contributed by atoms with Crippen molar-refractivity contribution in [1.29, 1.82) is 0 Å². The van der Waals surface area contributed by atoms with Crippen molar-refractivity contribution in [2.75, 3.05) is 0 Å². The zero-order valence-electron chi connectivity index (χ0n) is 11.0. The number of hydrogen-bond acceptors (Lipinski definition) is 2. The number of rotatable bonds is 4. The predicted molar refractivity (Wildman–Crippen MR) is 91.8 cm³/mol. The van der Waals surface area contributed by atoms with Crippen molar-refractivity contribution < 1.29 is 4.39 Å². The largest absolute Gasteiger partial charge is 0.271 e. The Labute approximate surface area is 140 Å². The van der Waals surface area contributed by atoms with E-state index in [9.17, 15) is 4.39 Å². The maximum atomic E-state index is 13.3. The molecule has 2 rings (SSSR count). The lowest BCUT2D eigenvalue weighted by molar-refractivity contribution is 0.548. The van der Waals surface area contributed by atoms with Crippen molar-refractivity contribution >= 4 is 38.5 Å². The molecular weight excluding hydrogens is 434 g/mol. The van der Waals surface area contributed by atoms with E-state index in [-0.39, 0.29) is 11.9 Å². The lowest BCUT2D eigenvalue weighted by Gasteiger charge is -2.19. The molecule has 0 heterocycles. The molecule has 2 nitrogen and oxygen atoms in total. The fourth-order valence-corrected chi connectivity index (χ4v) is 3.26. The summed E-state index contributed by atoms with van der Waals surface area (Å²) in [6, 6.07) is 11.2. The molecule has 0 saturated heterocycles. The van der Waals surface area contributed by atoms with Gasteiger partial charge >= 0.3 is 0 Å². The lowest BCUT2D eigenvalue weighted by Crippen LogP contribution is -2.30. The van der Waals surface area contributed by atoms with Crippen LogP contribution in [0, 0.1) is 16.3 Å². The van der Waals surface area contributed by atoms with Gasteiger partial charge in [0.15, 0.2) is 0 Å².